The van der Waals surface area contributed by atoms with Crippen LogP contribution in [0.5, 0.6) is 0 Å². The molecule has 0 saturated carbocycles. The van der Waals surface area contributed by atoms with Gasteiger partial charge in [0.15, 0.2) is 9.84 Å². The van der Waals surface area contributed by atoms with Gasteiger partial charge in [-0.2, -0.15) is 0 Å². The van der Waals surface area contributed by atoms with Gasteiger partial charge in [-0.15, -0.1) is 0 Å². The van der Waals surface area contributed by atoms with Gasteiger partial charge in [0, 0.05) is 27.4 Å². The maximum Gasteiger partial charge on any atom is 0.504 e. The number of benzene rings is 2. The molecule has 0 radical (unpaired) electrons. The molecular formula is C17H22O5SSi. The first-order valence-corrected chi connectivity index (χ1v) is 11.0. The van der Waals surface area contributed by atoms with Crippen LogP contribution in [0.2, 0.25) is 0 Å². The molecule has 0 bridgehead atoms. The molecule has 2 aromatic rings. The molecule has 2 rings (SSSR count). The maximum absolute atomic E-state index is 12.4. The van der Waals surface area contributed by atoms with Gasteiger partial charge < -0.3 is 13.3 Å². The van der Waals surface area contributed by atoms with Gasteiger partial charge in [0.1, 0.15) is 0 Å². The Morgan fingerprint density at radius 3 is 1.79 bits per heavy atom. The topological polar surface area (TPSA) is 61.8 Å². The minimum Gasteiger partial charge on any atom is -0.377 e. The molecule has 7 heteroatoms. The summed E-state index contributed by atoms with van der Waals surface area (Å²) >= 11 is 0. The zero-order valence-electron chi connectivity index (χ0n) is 14.1. The molecule has 0 aliphatic rings. The number of rotatable bonds is 8. The monoisotopic (exact) mass is 366 g/mol. The summed E-state index contributed by atoms with van der Waals surface area (Å²) in [6, 6.07) is 16.4. The van der Waals surface area contributed by atoms with E-state index in [2.05, 4.69) is 0 Å². The average Bonchev–Trinajstić information content (AvgIpc) is 2.62. The Hall–Kier alpha value is -1.51. The van der Waals surface area contributed by atoms with Crippen molar-refractivity contribution < 1.29 is 21.7 Å². The fourth-order valence-electron chi connectivity index (χ4n) is 2.40. The molecule has 0 amide bonds. The minimum absolute atomic E-state index is 0.0291. The second kappa shape index (κ2) is 8.04. The molecule has 24 heavy (non-hydrogen) atoms. The fraction of sp³-hybridized carbons (Fsp3) is 0.294. The van der Waals surface area contributed by atoms with E-state index < -0.39 is 18.6 Å². The SMILES string of the molecule is CO[Si](Cc1ccc(CS(=O)(=O)c2ccccc2)cc1)(OC)OC. The number of hydrogen-bond acceptors (Lipinski definition) is 5. The molecule has 0 N–H and O–H groups in total. The van der Waals surface area contributed by atoms with E-state index in [1.807, 2.05) is 24.3 Å². The third-order valence-electron chi connectivity index (χ3n) is 3.84. The first kappa shape index (κ1) is 18.8. The molecule has 0 spiro atoms. The molecule has 0 unspecified atom stereocenters. The second-order valence-corrected chi connectivity index (χ2v) is 10.3. The number of hydrogen-bond donors (Lipinski definition) is 0. The van der Waals surface area contributed by atoms with Gasteiger partial charge in [-0.25, -0.2) is 8.42 Å². The van der Waals surface area contributed by atoms with Crippen LogP contribution in [0.1, 0.15) is 11.1 Å². The van der Waals surface area contributed by atoms with Crippen molar-refractivity contribution in [2.24, 2.45) is 0 Å². The van der Waals surface area contributed by atoms with E-state index in [9.17, 15) is 8.42 Å². The van der Waals surface area contributed by atoms with Crippen LogP contribution in [0.25, 0.3) is 0 Å². The summed E-state index contributed by atoms with van der Waals surface area (Å²) in [5.74, 6) is -0.0291. The summed E-state index contributed by atoms with van der Waals surface area (Å²) in [7, 11) is -1.33. The van der Waals surface area contributed by atoms with Gasteiger partial charge in [0.2, 0.25) is 0 Å². The molecule has 130 valence electrons. The smallest absolute Gasteiger partial charge is 0.377 e. The van der Waals surface area contributed by atoms with E-state index in [1.165, 1.54) is 0 Å². The average molecular weight is 367 g/mol. The zero-order valence-corrected chi connectivity index (χ0v) is 15.9. The van der Waals surface area contributed by atoms with Gasteiger partial charge in [0.25, 0.3) is 0 Å². The summed E-state index contributed by atoms with van der Waals surface area (Å²) in [5, 5.41) is 0. The molecular weight excluding hydrogens is 344 g/mol. The molecule has 0 heterocycles. The molecule has 0 saturated heterocycles. The fourth-order valence-corrected chi connectivity index (χ4v) is 5.44. The lowest BCUT2D eigenvalue weighted by Gasteiger charge is -2.24. The van der Waals surface area contributed by atoms with Crippen LogP contribution in [-0.4, -0.2) is 38.6 Å². The normalized spacial score (nSPS) is 12.3. The van der Waals surface area contributed by atoms with Crippen LogP contribution in [0, 0.1) is 0 Å². The molecule has 0 aliphatic carbocycles. The highest BCUT2D eigenvalue weighted by atomic mass is 32.2. The third kappa shape index (κ3) is 4.52. The van der Waals surface area contributed by atoms with Gasteiger partial charge in [0.05, 0.1) is 10.6 Å². The van der Waals surface area contributed by atoms with E-state index >= 15 is 0 Å². The van der Waals surface area contributed by atoms with Crippen LogP contribution in [0.4, 0.5) is 0 Å². The van der Waals surface area contributed by atoms with Crippen molar-refractivity contribution in [3.8, 4) is 0 Å². The molecule has 0 atom stereocenters. The van der Waals surface area contributed by atoms with E-state index in [0.717, 1.165) is 11.1 Å². The Kier molecular flexibility index (Phi) is 6.31. The van der Waals surface area contributed by atoms with Crippen molar-refractivity contribution in [3.63, 3.8) is 0 Å². The lowest BCUT2D eigenvalue weighted by molar-refractivity contribution is 0.122. The van der Waals surface area contributed by atoms with E-state index in [-0.39, 0.29) is 5.75 Å². The first-order chi connectivity index (χ1) is 11.4. The van der Waals surface area contributed by atoms with Crippen molar-refractivity contribution in [2.45, 2.75) is 16.7 Å². The van der Waals surface area contributed by atoms with Crippen LogP contribution in [0.3, 0.4) is 0 Å². The highest BCUT2D eigenvalue weighted by Crippen LogP contribution is 2.19. The number of sulfone groups is 1. The van der Waals surface area contributed by atoms with Gasteiger partial charge in [-0.05, 0) is 23.3 Å². The molecule has 2 aromatic carbocycles. The Balaban J connectivity index is 2.13. The summed E-state index contributed by atoms with van der Waals surface area (Å²) in [6.07, 6.45) is 0. The largest absolute Gasteiger partial charge is 0.504 e. The minimum atomic E-state index is -3.34. The van der Waals surface area contributed by atoms with Crippen molar-refractivity contribution in [3.05, 3.63) is 65.7 Å². The highest BCUT2D eigenvalue weighted by Gasteiger charge is 2.37. The Morgan fingerprint density at radius 1 is 0.792 bits per heavy atom. The predicted octanol–water partition coefficient (Wildman–Crippen LogP) is 2.62. The Morgan fingerprint density at radius 2 is 1.29 bits per heavy atom. The predicted molar refractivity (Wildman–Crippen MR) is 94.3 cm³/mol. The molecule has 0 fully saturated rings. The van der Waals surface area contributed by atoms with E-state index in [1.54, 1.807) is 51.7 Å². The van der Waals surface area contributed by atoms with Crippen molar-refractivity contribution in [1.82, 2.24) is 0 Å². The molecule has 5 nitrogen and oxygen atoms in total. The standard InChI is InChI=1S/C17H22O5SSi/c1-20-24(21-2,22-3)14-16-11-9-15(10-12-16)13-23(18,19)17-7-5-4-6-8-17/h4-12H,13-14H2,1-3H3. The van der Waals surface area contributed by atoms with Crippen LogP contribution < -0.4 is 0 Å². The van der Waals surface area contributed by atoms with Crippen molar-refractivity contribution >= 4 is 18.6 Å². The van der Waals surface area contributed by atoms with E-state index in [0.29, 0.717) is 10.9 Å². The quantitative estimate of drug-likeness (QED) is 0.672. The van der Waals surface area contributed by atoms with Crippen LogP contribution in [0.15, 0.2) is 59.5 Å². The third-order valence-corrected chi connectivity index (χ3v) is 8.25. The Labute approximate surface area is 144 Å². The van der Waals surface area contributed by atoms with E-state index in [4.69, 9.17) is 13.3 Å². The van der Waals surface area contributed by atoms with Crippen LogP contribution in [-0.2, 0) is 34.9 Å². The molecule has 0 aromatic heterocycles. The summed E-state index contributed by atoms with van der Waals surface area (Å²) in [5.41, 5.74) is 1.72. The summed E-state index contributed by atoms with van der Waals surface area (Å²) in [4.78, 5) is 0.332. The van der Waals surface area contributed by atoms with Crippen molar-refractivity contribution in [2.75, 3.05) is 21.3 Å². The van der Waals surface area contributed by atoms with Crippen LogP contribution >= 0.6 is 0 Å². The van der Waals surface area contributed by atoms with Gasteiger partial charge in [-0.3, -0.25) is 0 Å². The Bertz CT molecular complexity index is 732. The molecule has 0 aliphatic heterocycles. The van der Waals surface area contributed by atoms with Crippen molar-refractivity contribution in [1.29, 1.82) is 0 Å². The van der Waals surface area contributed by atoms with Gasteiger partial charge >= 0.3 is 8.80 Å². The lowest BCUT2D eigenvalue weighted by atomic mass is 10.2. The zero-order chi connectivity index (χ0) is 17.6. The van der Waals surface area contributed by atoms with Gasteiger partial charge in [-0.1, -0.05) is 42.5 Å². The first-order valence-electron chi connectivity index (χ1n) is 7.46. The maximum atomic E-state index is 12.4. The summed E-state index contributed by atoms with van der Waals surface area (Å²) in [6.45, 7) is 0. The highest BCUT2D eigenvalue weighted by molar-refractivity contribution is 7.90. The lowest BCUT2D eigenvalue weighted by Crippen LogP contribution is -2.45. The second-order valence-electron chi connectivity index (χ2n) is 5.36. The summed E-state index contributed by atoms with van der Waals surface area (Å²) < 4.78 is 41.0.